The highest BCUT2D eigenvalue weighted by Gasteiger charge is 2.09. The highest BCUT2D eigenvalue weighted by molar-refractivity contribution is 5.94. The summed E-state index contributed by atoms with van der Waals surface area (Å²) in [6.45, 7) is 1.91. The Bertz CT molecular complexity index is 911. The Hall–Kier alpha value is -3.61. The number of nitrogens with zero attached hydrogens (tertiary/aromatic N) is 3. The molecular formula is C19H17N5O2. The van der Waals surface area contributed by atoms with Crippen molar-refractivity contribution in [1.82, 2.24) is 20.3 Å². The van der Waals surface area contributed by atoms with Crippen LogP contribution in [0.5, 0.6) is 0 Å². The van der Waals surface area contributed by atoms with Crippen LogP contribution >= 0.6 is 0 Å². The molecule has 2 aromatic heterocycles. The second-order valence-electron chi connectivity index (χ2n) is 5.59. The van der Waals surface area contributed by atoms with Crippen molar-refractivity contribution in [1.29, 1.82) is 0 Å². The van der Waals surface area contributed by atoms with Crippen molar-refractivity contribution >= 4 is 23.2 Å². The number of anilines is 2. The van der Waals surface area contributed by atoms with Crippen LogP contribution in [0.4, 0.5) is 11.5 Å². The van der Waals surface area contributed by atoms with Crippen molar-refractivity contribution < 1.29 is 9.59 Å². The molecule has 2 N–H and O–H groups in total. The van der Waals surface area contributed by atoms with E-state index in [2.05, 4.69) is 25.6 Å². The third-order valence-corrected chi connectivity index (χ3v) is 3.67. The molecule has 0 fully saturated rings. The number of rotatable bonds is 6. The molecule has 1 amide bonds. The number of nitrogens with one attached hydrogen (secondary N) is 2. The molecule has 2 heterocycles. The molecule has 26 heavy (non-hydrogen) atoms. The molecule has 0 bridgehead atoms. The molecule has 0 radical (unpaired) electrons. The summed E-state index contributed by atoms with van der Waals surface area (Å²) in [4.78, 5) is 35.6. The van der Waals surface area contributed by atoms with E-state index < -0.39 is 0 Å². The van der Waals surface area contributed by atoms with Gasteiger partial charge in [-0.2, -0.15) is 0 Å². The zero-order valence-corrected chi connectivity index (χ0v) is 14.1. The molecule has 0 unspecified atom stereocenters. The summed E-state index contributed by atoms with van der Waals surface area (Å²) in [7, 11) is 0. The Morgan fingerprint density at radius 1 is 1.00 bits per heavy atom. The molecular weight excluding hydrogens is 330 g/mol. The van der Waals surface area contributed by atoms with Gasteiger partial charge in [0.15, 0.2) is 5.78 Å². The maximum Gasteiger partial charge on any atom is 0.270 e. The van der Waals surface area contributed by atoms with Gasteiger partial charge in [-0.1, -0.05) is 0 Å². The quantitative estimate of drug-likeness (QED) is 0.666. The van der Waals surface area contributed by atoms with E-state index in [-0.39, 0.29) is 17.4 Å². The van der Waals surface area contributed by atoms with Crippen molar-refractivity contribution in [2.75, 3.05) is 5.32 Å². The molecule has 3 rings (SSSR count). The second kappa shape index (κ2) is 7.98. The minimum Gasteiger partial charge on any atom is -0.347 e. The number of ketones is 1. The first kappa shape index (κ1) is 17.2. The fourth-order valence-corrected chi connectivity index (χ4v) is 2.26. The smallest absolute Gasteiger partial charge is 0.270 e. The number of Topliss-reactive ketones (excluding diaryl/α,β-unsaturated/α-hetero) is 1. The Kier molecular flexibility index (Phi) is 5.28. The number of aromatic nitrogens is 3. The number of benzene rings is 1. The summed E-state index contributed by atoms with van der Waals surface area (Å²) in [5.74, 6) is 0.204. The van der Waals surface area contributed by atoms with Crippen LogP contribution in [0.1, 0.15) is 33.3 Å². The van der Waals surface area contributed by atoms with E-state index in [4.69, 9.17) is 0 Å². The highest BCUT2D eigenvalue weighted by atomic mass is 16.1. The lowest BCUT2D eigenvalue weighted by Gasteiger charge is -2.08. The van der Waals surface area contributed by atoms with Crippen molar-refractivity contribution in [2.24, 2.45) is 0 Å². The third kappa shape index (κ3) is 4.47. The summed E-state index contributed by atoms with van der Waals surface area (Å²) < 4.78 is 0. The number of pyridine rings is 1. The van der Waals surface area contributed by atoms with Gasteiger partial charge in [0.2, 0.25) is 0 Å². The fraction of sp³-hybridized carbons (Fsp3) is 0.105. The van der Waals surface area contributed by atoms with Crippen LogP contribution in [-0.2, 0) is 6.54 Å². The fourth-order valence-electron chi connectivity index (χ4n) is 2.26. The lowest BCUT2D eigenvalue weighted by Crippen LogP contribution is -2.24. The van der Waals surface area contributed by atoms with Gasteiger partial charge in [-0.3, -0.25) is 14.6 Å². The Morgan fingerprint density at radius 2 is 1.73 bits per heavy atom. The van der Waals surface area contributed by atoms with E-state index in [1.807, 2.05) is 12.1 Å². The summed E-state index contributed by atoms with van der Waals surface area (Å²) in [6.07, 6.45) is 4.67. The van der Waals surface area contributed by atoms with Gasteiger partial charge < -0.3 is 10.6 Å². The largest absolute Gasteiger partial charge is 0.347 e. The molecule has 0 aliphatic rings. The predicted molar refractivity (Wildman–Crippen MR) is 97.2 cm³/mol. The topological polar surface area (TPSA) is 96.9 Å². The minimum absolute atomic E-state index is 0.00624. The second-order valence-corrected chi connectivity index (χ2v) is 5.59. The van der Waals surface area contributed by atoms with Crippen LogP contribution in [0.25, 0.3) is 0 Å². The molecule has 3 aromatic rings. The van der Waals surface area contributed by atoms with Crippen molar-refractivity contribution in [2.45, 2.75) is 13.5 Å². The van der Waals surface area contributed by atoms with E-state index in [1.165, 1.54) is 13.3 Å². The SMILES string of the molecule is CC(=O)c1ccc(Nc2cc(C(=O)NCc3ccncc3)ncn2)cc1. The average molecular weight is 347 g/mol. The molecule has 7 heteroatoms. The molecule has 130 valence electrons. The summed E-state index contributed by atoms with van der Waals surface area (Å²) in [6, 6.07) is 12.3. The maximum atomic E-state index is 12.3. The van der Waals surface area contributed by atoms with Gasteiger partial charge in [0.25, 0.3) is 5.91 Å². The highest BCUT2D eigenvalue weighted by Crippen LogP contribution is 2.16. The lowest BCUT2D eigenvalue weighted by molar-refractivity contribution is 0.0945. The van der Waals surface area contributed by atoms with Crippen LogP contribution in [0.2, 0.25) is 0 Å². The maximum absolute atomic E-state index is 12.3. The van der Waals surface area contributed by atoms with Crippen LogP contribution in [-0.4, -0.2) is 26.6 Å². The zero-order chi connectivity index (χ0) is 18.4. The summed E-state index contributed by atoms with van der Waals surface area (Å²) >= 11 is 0. The van der Waals surface area contributed by atoms with Crippen molar-refractivity contribution in [3.63, 3.8) is 0 Å². The van der Waals surface area contributed by atoms with Crippen LogP contribution < -0.4 is 10.6 Å². The molecule has 0 saturated heterocycles. The molecule has 0 aliphatic heterocycles. The number of hydrogen-bond acceptors (Lipinski definition) is 6. The zero-order valence-electron chi connectivity index (χ0n) is 14.1. The number of carbonyl (C=O) groups excluding carboxylic acids is 2. The number of hydrogen-bond donors (Lipinski definition) is 2. The Balaban J connectivity index is 1.65. The van der Waals surface area contributed by atoms with Gasteiger partial charge >= 0.3 is 0 Å². The first-order chi connectivity index (χ1) is 12.6. The molecule has 7 nitrogen and oxygen atoms in total. The van der Waals surface area contributed by atoms with E-state index in [0.717, 1.165) is 11.3 Å². The van der Waals surface area contributed by atoms with E-state index >= 15 is 0 Å². The van der Waals surface area contributed by atoms with E-state index in [0.29, 0.717) is 17.9 Å². The molecule has 1 aromatic carbocycles. The number of amides is 1. The first-order valence-corrected chi connectivity index (χ1v) is 7.99. The van der Waals surface area contributed by atoms with Crippen molar-refractivity contribution in [3.05, 3.63) is 78.0 Å². The van der Waals surface area contributed by atoms with Gasteiger partial charge in [0.1, 0.15) is 17.8 Å². The normalized spacial score (nSPS) is 10.2. The van der Waals surface area contributed by atoms with Crippen LogP contribution in [0, 0.1) is 0 Å². The van der Waals surface area contributed by atoms with Gasteiger partial charge in [0.05, 0.1) is 0 Å². The number of carbonyl (C=O) groups is 2. The van der Waals surface area contributed by atoms with Gasteiger partial charge in [-0.05, 0) is 48.9 Å². The molecule has 0 saturated carbocycles. The van der Waals surface area contributed by atoms with Crippen molar-refractivity contribution in [3.8, 4) is 0 Å². The predicted octanol–water partition coefficient (Wildman–Crippen LogP) is 2.75. The van der Waals surface area contributed by atoms with Gasteiger partial charge in [0, 0.05) is 36.3 Å². The molecule has 0 atom stereocenters. The van der Waals surface area contributed by atoms with Gasteiger partial charge in [-0.25, -0.2) is 9.97 Å². The third-order valence-electron chi connectivity index (χ3n) is 3.67. The average Bonchev–Trinajstić information content (AvgIpc) is 2.67. The summed E-state index contributed by atoms with van der Waals surface area (Å²) in [5.41, 5.74) is 2.61. The van der Waals surface area contributed by atoms with Crippen LogP contribution in [0.15, 0.2) is 61.2 Å². The lowest BCUT2D eigenvalue weighted by atomic mass is 10.1. The monoisotopic (exact) mass is 347 g/mol. The van der Waals surface area contributed by atoms with E-state index in [9.17, 15) is 9.59 Å². The summed E-state index contributed by atoms with van der Waals surface area (Å²) in [5, 5.41) is 5.89. The molecule has 0 spiro atoms. The van der Waals surface area contributed by atoms with Crippen LogP contribution in [0.3, 0.4) is 0 Å². The van der Waals surface area contributed by atoms with Gasteiger partial charge in [-0.15, -0.1) is 0 Å². The minimum atomic E-state index is -0.292. The Labute approximate surface area is 150 Å². The van der Waals surface area contributed by atoms with E-state index in [1.54, 1.807) is 42.7 Å². The first-order valence-electron chi connectivity index (χ1n) is 7.99. The standard InChI is InChI=1S/C19H17N5O2/c1-13(25)15-2-4-16(5-3-15)24-18-10-17(22-12-23-18)19(26)21-11-14-6-8-20-9-7-14/h2-10,12H,11H2,1H3,(H,21,26)(H,22,23,24). The molecule has 0 aliphatic carbocycles. The Morgan fingerprint density at radius 3 is 2.42 bits per heavy atom.